The molecule has 2 aromatic carbocycles. The molecule has 5 rings (SSSR count). The Kier molecular flexibility index (Phi) is 18.6. The Hall–Kier alpha value is -7.09. The molecule has 362 valence electrons. The highest BCUT2D eigenvalue weighted by Gasteiger charge is 2.46. The van der Waals surface area contributed by atoms with Gasteiger partial charge in [-0.3, -0.25) is 38.6 Å². The van der Waals surface area contributed by atoms with E-state index in [4.69, 9.17) is 16.2 Å². The number of rotatable bonds is 17. The Morgan fingerprint density at radius 3 is 2.25 bits per heavy atom. The monoisotopic (exact) mass is 938 g/mol. The van der Waals surface area contributed by atoms with Gasteiger partial charge in [-0.1, -0.05) is 35.5 Å². The lowest BCUT2D eigenvalue weighted by Crippen LogP contribution is -2.63. The van der Waals surface area contributed by atoms with Gasteiger partial charge in [0.1, 0.15) is 54.1 Å². The van der Waals surface area contributed by atoms with E-state index >= 15 is 0 Å². The summed E-state index contributed by atoms with van der Waals surface area (Å²) in [6, 6.07) is 8.67. The van der Waals surface area contributed by atoms with E-state index in [0.29, 0.717) is 0 Å². The maximum Gasteiger partial charge on any atom is 0.305 e. The maximum absolute atomic E-state index is 14.2. The molecule has 0 spiro atoms. The smallest absolute Gasteiger partial charge is 0.305 e. The van der Waals surface area contributed by atoms with Crippen LogP contribution in [0.3, 0.4) is 0 Å². The van der Waals surface area contributed by atoms with E-state index in [9.17, 15) is 58.4 Å². The third-order valence-corrected chi connectivity index (χ3v) is 10.9. The molecule has 14 N–H and O–H groups in total. The molecular formula is C42H55FN12O12. The number of carbonyl (C=O) groups excluding carboxylic acids is 6. The number of aliphatic imine (C=N–C) groups is 1. The van der Waals surface area contributed by atoms with Crippen molar-refractivity contribution in [2.24, 2.45) is 16.5 Å². The van der Waals surface area contributed by atoms with Gasteiger partial charge in [-0.15, -0.1) is 5.10 Å². The predicted octanol–water partition coefficient (Wildman–Crippen LogP) is -3.45. The number of nitrogens with two attached hydrogens (primary N) is 2. The number of amides is 6. The molecule has 0 saturated carbocycles. The molecule has 5 unspecified atom stereocenters. The Labute approximate surface area is 382 Å². The minimum absolute atomic E-state index is 0.00280. The van der Waals surface area contributed by atoms with E-state index in [0.717, 1.165) is 17.7 Å². The van der Waals surface area contributed by atoms with Gasteiger partial charge >= 0.3 is 5.97 Å². The van der Waals surface area contributed by atoms with E-state index in [1.807, 2.05) is 0 Å². The van der Waals surface area contributed by atoms with Crippen LogP contribution >= 0.6 is 0 Å². The summed E-state index contributed by atoms with van der Waals surface area (Å²) in [5.74, 6) is -6.85. The van der Waals surface area contributed by atoms with E-state index < -0.39 is 115 Å². The van der Waals surface area contributed by atoms with Gasteiger partial charge < -0.3 is 68.5 Å². The minimum Gasteiger partial charge on any atom is -0.481 e. The number of aliphatic carboxylic acids is 1. The Morgan fingerprint density at radius 2 is 1.55 bits per heavy atom. The summed E-state index contributed by atoms with van der Waals surface area (Å²) in [4.78, 5) is 95.8. The number of halogens is 1. The number of nitrogens with one attached hydrogen (secondary N) is 6. The van der Waals surface area contributed by atoms with Crippen molar-refractivity contribution < 1.29 is 63.1 Å². The number of carbonyl (C=O) groups is 7. The second-order valence-corrected chi connectivity index (χ2v) is 15.9. The lowest BCUT2D eigenvalue weighted by atomic mass is 9.94. The number of hydrogen-bond acceptors (Lipinski definition) is 14. The number of fused-ring (bicyclic) bond motifs is 2. The number of benzene rings is 2. The van der Waals surface area contributed by atoms with Crippen LogP contribution in [0.5, 0.6) is 0 Å². The summed E-state index contributed by atoms with van der Waals surface area (Å²) < 4.78 is 20.2. The summed E-state index contributed by atoms with van der Waals surface area (Å²) in [7, 11) is 0. The summed E-state index contributed by atoms with van der Waals surface area (Å²) in [5, 5.41) is 65.1. The fourth-order valence-corrected chi connectivity index (χ4v) is 7.31. The third kappa shape index (κ3) is 15.0. The van der Waals surface area contributed by atoms with Crippen molar-refractivity contribution in [3.63, 3.8) is 0 Å². The number of carboxylic acids is 1. The van der Waals surface area contributed by atoms with Gasteiger partial charge in [0, 0.05) is 25.2 Å². The van der Waals surface area contributed by atoms with Crippen molar-refractivity contribution >= 4 is 47.4 Å². The van der Waals surface area contributed by atoms with Gasteiger partial charge in [0.05, 0.1) is 25.2 Å². The standard InChI is InChI=1S/C42H55FN12O12/c43-24-13-11-23(12-14-24)37(62)48-19-30-33(59)34(60)35(61)36(67-30)41(66)46-15-5-4-10-29-40(65)51-25(9-6-16-47-42(44)45)38(63)49-20-31(56)50-27(18-32(57)58)39(64)52-26(28-21-55(29)54-53-28)17-22-7-2-1-3-8-22/h1-3,7-8,11-14,21,25-27,29-30,33-36,59-61H,4-6,9-10,15-20H2,(H,46,66)(H,48,62)(H,49,63)(H,50,56)(H,51,65)(H,52,64)(H,57,58)(H4,44,45,47)/t25-,26-,27-,29-,30?,33?,34?,35?,36?/m0/s1. The molecule has 2 aliphatic rings. The first-order valence-electron chi connectivity index (χ1n) is 21.4. The first-order valence-corrected chi connectivity index (χ1v) is 21.4. The molecule has 9 atom stereocenters. The van der Waals surface area contributed by atoms with E-state index in [2.05, 4.69) is 47.2 Å². The molecule has 2 bridgehead atoms. The molecule has 2 aliphatic heterocycles. The molecule has 1 saturated heterocycles. The van der Waals surface area contributed by atoms with Gasteiger partial charge in [0.2, 0.25) is 23.6 Å². The van der Waals surface area contributed by atoms with Crippen molar-refractivity contribution in [3.8, 4) is 0 Å². The number of carboxylic acid groups (broad SMARTS) is 1. The zero-order chi connectivity index (χ0) is 48.6. The normalized spacial score (nSPS) is 24.8. The van der Waals surface area contributed by atoms with Crippen LogP contribution in [0, 0.1) is 5.82 Å². The molecule has 1 aromatic heterocycles. The molecule has 67 heavy (non-hydrogen) atoms. The topological polar surface area (TPSA) is 377 Å². The van der Waals surface area contributed by atoms with Crippen LogP contribution in [-0.4, -0.2) is 152 Å². The number of aliphatic hydroxyl groups excluding tert-OH is 3. The van der Waals surface area contributed by atoms with E-state index in [1.54, 1.807) is 30.3 Å². The number of aromatic nitrogens is 3. The number of ether oxygens (including phenoxy) is 1. The molecule has 25 heteroatoms. The number of unbranched alkanes of at least 4 members (excludes halogenated alkanes) is 1. The van der Waals surface area contributed by atoms with Crippen LogP contribution in [0.15, 0.2) is 65.8 Å². The van der Waals surface area contributed by atoms with Crippen LogP contribution in [0.1, 0.15) is 72.2 Å². The molecule has 0 aliphatic carbocycles. The summed E-state index contributed by atoms with van der Waals surface area (Å²) >= 11 is 0. The van der Waals surface area contributed by atoms with Gasteiger partial charge in [0.15, 0.2) is 12.1 Å². The highest BCUT2D eigenvalue weighted by Crippen LogP contribution is 2.23. The highest BCUT2D eigenvalue weighted by atomic mass is 19.1. The fourth-order valence-electron chi connectivity index (χ4n) is 7.31. The largest absolute Gasteiger partial charge is 0.481 e. The molecule has 6 amide bonds. The first kappa shape index (κ1) is 50.9. The average molecular weight is 939 g/mol. The summed E-state index contributed by atoms with van der Waals surface area (Å²) in [6.45, 7) is -0.995. The lowest BCUT2D eigenvalue weighted by molar-refractivity contribution is -0.218. The Balaban J connectivity index is 1.32. The van der Waals surface area contributed by atoms with Crippen molar-refractivity contribution in [1.82, 2.24) is 46.9 Å². The van der Waals surface area contributed by atoms with Crippen molar-refractivity contribution in [2.75, 3.05) is 26.2 Å². The molecular weight excluding hydrogens is 884 g/mol. The predicted molar refractivity (Wildman–Crippen MR) is 231 cm³/mol. The number of aliphatic hydroxyl groups is 3. The number of nitrogens with zero attached hydrogens (tertiary/aromatic N) is 4. The zero-order valence-electron chi connectivity index (χ0n) is 36.1. The van der Waals surface area contributed by atoms with Crippen LogP contribution < -0.4 is 43.4 Å². The number of guanidine groups is 1. The zero-order valence-corrected chi connectivity index (χ0v) is 36.1. The summed E-state index contributed by atoms with van der Waals surface area (Å²) in [5.41, 5.74) is 11.9. The molecule has 0 radical (unpaired) electrons. The Bertz CT molecular complexity index is 2230. The molecule has 1 fully saturated rings. The second kappa shape index (κ2) is 24.4. The van der Waals surface area contributed by atoms with Gasteiger partial charge in [-0.25, -0.2) is 9.07 Å². The fraction of sp³-hybridized carbons (Fsp3) is 0.476. The molecule has 3 heterocycles. The Morgan fingerprint density at radius 1 is 0.836 bits per heavy atom. The van der Waals surface area contributed by atoms with Crippen molar-refractivity contribution in [1.29, 1.82) is 0 Å². The minimum atomic E-state index is -1.85. The molecule has 24 nitrogen and oxygen atoms in total. The maximum atomic E-state index is 14.2. The van der Waals surface area contributed by atoms with Crippen LogP contribution in [0.25, 0.3) is 0 Å². The van der Waals surface area contributed by atoms with E-state index in [-0.39, 0.29) is 75.4 Å². The van der Waals surface area contributed by atoms with Crippen LogP contribution in [0.4, 0.5) is 4.39 Å². The van der Waals surface area contributed by atoms with Crippen molar-refractivity contribution in [2.45, 2.75) is 99.6 Å². The van der Waals surface area contributed by atoms with Crippen LogP contribution in [-0.2, 0) is 39.9 Å². The van der Waals surface area contributed by atoms with E-state index in [1.165, 1.54) is 23.0 Å². The number of hydrogen-bond donors (Lipinski definition) is 12. The second-order valence-electron chi connectivity index (χ2n) is 15.9. The van der Waals surface area contributed by atoms with Gasteiger partial charge in [-0.2, -0.15) is 0 Å². The molecule has 3 aromatic rings. The quantitative estimate of drug-likeness (QED) is 0.0356. The highest BCUT2D eigenvalue weighted by molar-refractivity contribution is 5.95. The van der Waals surface area contributed by atoms with Crippen LogP contribution in [0.2, 0.25) is 0 Å². The summed E-state index contributed by atoms with van der Waals surface area (Å²) in [6.07, 6.45) is -6.88. The van der Waals surface area contributed by atoms with Crippen molar-refractivity contribution in [3.05, 3.63) is 83.4 Å². The van der Waals surface area contributed by atoms with Gasteiger partial charge in [-0.05, 0) is 68.4 Å². The first-order chi connectivity index (χ1) is 32.0. The van der Waals surface area contributed by atoms with Gasteiger partial charge in [0.25, 0.3) is 11.8 Å². The average Bonchev–Trinajstić information content (AvgIpc) is 3.78. The third-order valence-electron chi connectivity index (χ3n) is 10.9. The lowest BCUT2D eigenvalue weighted by Gasteiger charge is -2.40. The SMILES string of the molecule is NC(N)=NCCC[C@@H]1NC(=O)[C@H](CCCCNC(=O)C2OC(CNC(=O)c3ccc(F)cc3)C(O)C(O)C2O)n2cc(nn2)[C@H](Cc2ccccc2)NC(=O)[C@H](CC(=O)O)NC(=O)CNC1=O.